The normalized spacial score (nSPS) is 12.2. The van der Waals surface area contributed by atoms with Crippen molar-refractivity contribution in [1.82, 2.24) is 10.2 Å². The van der Waals surface area contributed by atoms with E-state index in [0.29, 0.717) is 13.0 Å². The van der Waals surface area contributed by atoms with Crippen molar-refractivity contribution in [1.29, 1.82) is 0 Å². The summed E-state index contributed by atoms with van der Waals surface area (Å²) in [6.07, 6.45) is 2.11. The Morgan fingerprint density at radius 2 is 1.73 bits per heavy atom. The first-order chi connectivity index (χ1) is 15.6. The van der Waals surface area contributed by atoms with E-state index in [-0.39, 0.29) is 28.2 Å². The molecule has 0 fully saturated rings. The lowest BCUT2D eigenvalue weighted by Crippen LogP contribution is -2.52. The zero-order valence-corrected chi connectivity index (χ0v) is 21.3. The van der Waals surface area contributed by atoms with Crippen LogP contribution in [0, 0.1) is 0 Å². The lowest BCUT2D eigenvalue weighted by Gasteiger charge is -2.33. The summed E-state index contributed by atoms with van der Waals surface area (Å²) < 4.78 is 26.1. The molecular weight excluding hydrogens is 485 g/mol. The maximum Gasteiger partial charge on any atom is 0.244 e. The molecule has 2 aromatic rings. The van der Waals surface area contributed by atoms with Gasteiger partial charge < -0.3 is 10.2 Å². The number of benzene rings is 2. The summed E-state index contributed by atoms with van der Waals surface area (Å²) in [6, 6.07) is 12.9. The van der Waals surface area contributed by atoms with Crippen LogP contribution in [0.5, 0.6) is 0 Å². The van der Waals surface area contributed by atoms with Crippen LogP contribution in [0.3, 0.4) is 0 Å². The molecule has 0 saturated heterocycles. The van der Waals surface area contributed by atoms with Crippen LogP contribution in [0.4, 0.5) is 5.69 Å². The smallest absolute Gasteiger partial charge is 0.244 e. The molecule has 1 N–H and O–H groups in total. The van der Waals surface area contributed by atoms with Gasteiger partial charge >= 0.3 is 0 Å². The second-order valence-corrected chi connectivity index (χ2v) is 10.3. The number of hydrogen-bond donors (Lipinski definition) is 1. The fraction of sp³-hybridized carbons (Fsp3) is 0.391. The average Bonchev–Trinajstić information content (AvgIpc) is 2.77. The molecule has 33 heavy (non-hydrogen) atoms. The second kappa shape index (κ2) is 12.3. The van der Waals surface area contributed by atoms with Crippen LogP contribution >= 0.6 is 23.2 Å². The van der Waals surface area contributed by atoms with E-state index in [1.54, 1.807) is 0 Å². The minimum absolute atomic E-state index is 0.100. The zero-order chi connectivity index (χ0) is 24.6. The van der Waals surface area contributed by atoms with Crippen LogP contribution in [0.2, 0.25) is 10.0 Å². The third-order valence-corrected chi connectivity index (χ3v) is 6.67. The van der Waals surface area contributed by atoms with Crippen LogP contribution < -0.4 is 9.62 Å². The molecule has 0 aliphatic heterocycles. The summed E-state index contributed by atoms with van der Waals surface area (Å²) in [5, 5.41) is 3.25. The number of carbonyl (C=O) groups excluding carboxylic acids is 2. The van der Waals surface area contributed by atoms with Crippen molar-refractivity contribution in [2.24, 2.45) is 0 Å². The number of carbonyl (C=O) groups is 2. The van der Waals surface area contributed by atoms with Gasteiger partial charge in [0.1, 0.15) is 12.6 Å². The van der Waals surface area contributed by atoms with Gasteiger partial charge in [-0.15, -0.1) is 0 Å². The SMILES string of the molecule is CCCNC(=O)C(CC)N(Cc1ccccc1)C(=O)CN(c1cc(Cl)ccc1Cl)S(C)(=O)=O. The summed E-state index contributed by atoms with van der Waals surface area (Å²) in [5.74, 6) is -0.811. The first-order valence-corrected chi connectivity index (χ1v) is 13.2. The highest BCUT2D eigenvalue weighted by atomic mass is 35.5. The van der Waals surface area contributed by atoms with Crippen LogP contribution in [-0.2, 0) is 26.2 Å². The maximum atomic E-state index is 13.5. The fourth-order valence-electron chi connectivity index (χ4n) is 3.34. The first-order valence-electron chi connectivity index (χ1n) is 10.6. The van der Waals surface area contributed by atoms with Crippen LogP contribution in [0.15, 0.2) is 48.5 Å². The van der Waals surface area contributed by atoms with E-state index in [1.807, 2.05) is 44.2 Å². The number of anilines is 1. The Morgan fingerprint density at radius 1 is 1.06 bits per heavy atom. The Kier molecular flexibility index (Phi) is 10.0. The zero-order valence-electron chi connectivity index (χ0n) is 18.9. The second-order valence-electron chi connectivity index (χ2n) is 7.59. The molecule has 10 heteroatoms. The number of halogens is 2. The summed E-state index contributed by atoms with van der Waals surface area (Å²) in [6.45, 7) is 3.86. The van der Waals surface area contributed by atoms with Crippen molar-refractivity contribution in [3.8, 4) is 0 Å². The Hall–Kier alpha value is -2.29. The van der Waals surface area contributed by atoms with Gasteiger partial charge in [-0.2, -0.15) is 0 Å². The highest BCUT2D eigenvalue weighted by Gasteiger charge is 2.32. The van der Waals surface area contributed by atoms with Crippen molar-refractivity contribution in [2.75, 3.05) is 23.7 Å². The lowest BCUT2D eigenvalue weighted by atomic mass is 10.1. The largest absolute Gasteiger partial charge is 0.354 e. The van der Waals surface area contributed by atoms with Crippen LogP contribution in [0.1, 0.15) is 32.3 Å². The summed E-state index contributed by atoms with van der Waals surface area (Å²) in [4.78, 5) is 27.8. The number of rotatable bonds is 11. The Labute approximate surface area is 205 Å². The van der Waals surface area contributed by atoms with Crippen molar-refractivity contribution >= 4 is 50.7 Å². The van der Waals surface area contributed by atoms with Gasteiger partial charge in [0.15, 0.2) is 0 Å². The molecule has 180 valence electrons. The molecular formula is C23H29Cl2N3O4S. The molecule has 0 aliphatic rings. The molecule has 2 amide bonds. The summed E-state index contributed by atoms with van der Waals surface area (Å²) in [5.41, 5.74) is 0.919. The number of nitrogens with zero attached hydrogens (tertiary/aromatic N) is 2. The van der Waals surface area contributed by atoms with Crippen molar-refractivity contribution < 1.29 is 18.0 Å². The third-order valence-electron chi connectivity index (χ3n) is 4.99. The van der Waals surface area contributed by atoms with E-state index in [9.17, 15) is 18.0 Å². The molecule has 1 unspecified atom stereocenters. The fourth-order valence-corrected chi connectivity index (χ4v) is 4.63. The van der Waals surface area contributed by atoms with Gasteiger partial charge in [-0.25, -0.2) is 8.42 Å². The number of sulfonamides is 1. The molecule has 2 aromatic carbocycles. The summed E-state index contributed by atoms with van der Waals surface area (Å²) in [7, 11) is -3.88. The van der Waals surface area contributed by atoms with E-state index in [1.165, 1.54) is 23.1 Å². The van der Waals surface area contributed by atoms with Gasteiger partial charge in [0, 0.05) is 18.1 Å². The van der Waals surface area contributed by atoms with Gasteiger partial charge in [-0.3, -0.25) is 13.9 Å². The molecule has 0 aliphatic carbocycles. The summed E-state index contributed by atoms with van der Waals surface area (Å²) >= 11 is 12.3. The molecule has 0 bridgehead atoms. The number of amides is 2. The predicted octanol–water partition coefficient (Wildman–Crippen LogP) is 4.09. The molecule has 0 aromatic heterocycles. The highest BCUT2D eigenvalue weighted by molar-refractivity contribution is 7.92. The molecule has 0 spiro atoms. The third kappa shape index (κ3) is 7.62. The molecule has 0 saturated carbocycles. The van der Waals surface area contributed by atoms with Crippen molar-refractivity contribution in [2.45, 2.75) is 39.3 Å². The average molecular weight is 514 g/mol. The molecule has 2 rings (SSSR count). The standard InChI is InChI=1S/C23H29Cl2N3O4S/c1-4-13-26-23(30)20(5-2)27(15-17-9-7-6-8-10-17)22(29)16-28(33(3,31)32)21-14-18(24)11-12-19(21)25/h6-12,14,20H,4-5,13,15-16H2,1-3H3,(H,26,30). The first kappa shape index (κ1) is 27.0. The number of nitrogens with one attached hydrogen (secondary N) is 1. The molecule has 0 heterocycles. The Balaban J connectivity index is 2.44. The topological polar surface area (TPSA) is 86.8 Å². The maximum absolute atomic E-state index is 13.5. The van der Waals surface area contributed by atoms with Crippen LogP contribution in [0.25, 0.3) is 0 Å². The molecule has 7 nitrogen and oxygen atoms in total. The quantitative estimate of drug-likeness (QED) is 0.490. The monoisotopic (exact) mass is 513 g/mol. The van der Waals surface area contributed by atoms with Crippen molar-refractivity contribution in [3.63, 3.8) is 0 Å². The molecule has 0 radical (unpaired) electrons. The number of hydrogen-bond acceptors (Lipinski definition) is 4. The van der Waals surface area contributed by atoms with Gasteiger partial charge in [0.05, 0.1) is 17.0 Å². The van der Waals surface area contributed by atoms with E-state index in [0.717, 1.165) is 22.5 Å². The van der Waals surface area contributed by atoms with E-state index < -0.39 is 28.5 Å². The Morgan fingerprint density at radius 3 is 2.30 bits per heavy atom. The van der Waals surface area contributed by atoms with E-state index in [4.69, 9.17) is 23.2 Å². The van der Waals surface area contributed by atoms with E-state index >= 15 is 0 Å². The minimum atomic E-state index is -3.88. The van der Waals surface area contributed by atoms with Gasteiger partial charge in [0.2, 0.25) is 21.8 Å². The highest BCUT2D eigenvalue weighted by Crippen LogP contribution is 2.31. The van der Waals surface area contributed by atoms with Crippen LogP contribution in [-0.4, -0.2) is 50.5 Å². The van der Waals surface area contributed by atoms with Gasteiger partial charge in [0.25, 0.3) is 0 Å². The van der Waals surface area contributed by atoms with Gasteiger partial charge in [-0.1, -0.05) is 67.4 Å². The molecule has 1 atom stereocenters. The Bertz CT molecular complexity index is 1060. The van der Waals surface area contributed by atoms with Gasteiger partial charge in [-0.05, 0) is 36.6 Å². The minimum Gasteiger partial charge on any atom is -0.354 e. The van der Waals surface area contributed by atoms with E-state index in [2.05, 4.69) is 5.32 Å². The van der Waals surface area contributed by atoms with Crippen molar-refractivity contribution in [3.05, 3.63) is 64.1 Å². The predicted molar refractivity (Wildman–Crippen MR) is 133 cm³/mol. The lowest BCUT2D eigenvalue weighted by molar-refractivity contribution is -0.140.